The summed E-state index contributed by atoms with van der Waals surface area (Å²) in [5, 5.41) is 16.2. The summed E-state index contributed by atoms with van der Waals surface area (Å²) in [5.74, 6) is 0.988. The lowest BCUT2D eigenvalue weighted by Gasteiger charge is -2.34. The molecule has 0 amide bonds. The number of nitrogens with zero attached hydrogens (tertiary/aromatic N) is 3. The molecule has 0 atom stereocenters. The third kappa shape index (κ3) is 7.00. The average Bonchev–Trinajstić information content (AvgIpc) is 3.68. The summed E-state index contributed by atoms with van der Waals surface area (Å²) < 4.78 is 2.23. The van der Waals surface area contributed by atoms with E-state index in [1.807, 2.05) is 36.4 Å². The number of hydrogen-bond acceptors (Lipinski definition) is 3. The molecule has 0 saturated carbocycles. The van der Waals surface area contributed by atoms with Crippen molar-refractivity contribution in [3.63, 3.8) is 0 Å². The van der Waals surface area contributed by atoms with Crippen molar-refractivity contribution < 1.29 is 5.11 Å². The van der Waals surface area contributed by atoms with Crippen LogP contribution in [-0.4, -0.2) is 28.9 Å². The van der Waals surface area contributed by atoms with Crippen molar-refractivity contribution in [1.29, 1.82) is 0 Å². The van der Waals surface area contributed by atoms with E-state index in [4.69, 9.17) is 9.98 Å². The lowest BCUT2D eigenvalue weighted by molar-refractivity contribution is 0.473. The fourth-order valence-corrected chi connectivity index (χ4v) is 13.1. The maximum Gasteiger partial charge on any atom is 0.179 e. The molecule has 9 aromatic rings. The first-order chi connectivity index (χ1) is 28.8. The highest BCUT2D eigenvalue weighted by molar-refractivity contribution is 7.19. The van der Waals surface area contributed by atoms with E-state index < -0.39 is 8.07 Å². The monoisotopic (exact) mass is 779 g/mol. The number of para-hydroxylation sites is 3. The summed E-state index contributed by atoms with van der Waals surface area (Å²) in [6.45, 7) is 6.50. The number of phenols is 1. The van der Waals surface area contributed by atoms with Crippen LogP contribution in [0.5, 0.6) is 5.75 Å². The van der Waals surface area contributed by atoms with Crippen molar-refractivity contribution in [2.45, 2.75) is 26.2 Å². The van der Waals surface area contributed by atoms with Crippen LogP contribution < -0.4 is 20.7 Å². The molecule has 1 N–H and O–H groups in total. The fraction of sp³-hybridized carbons (Fsp3) is 0.0741. The second kappa shape index (κ2) is 15.7. The maximum absolute atomic E-state index is 10.8. The van der Waals surface area contributed by atoms with Crippen molar-refractivity contribution >= 4 is 51.8 Å². The Morgan fingerprint density at radius 1 is 0.542 bits per heavy atom. The van der Waals surface area contributed by atoms with Crippen molar-refractivity contribution in [1.82, 2.24) is 9.55 Å². The van der Waals surface area contributed by atoms with E-state index >= 15 is 0 Å². The standard InChI is InChI=1S/C54H45N3OSi/c1-54(2,3)41-33-36-51(58)40(37-41)38-55-49-29-17-16-27-48(49)53-56-52-47(28-18-30-50(52)57(53)42-19-8-4-9-20-42)39-31-34-46(35-32-39)59(43-21-10-5-11-22-43,44-23-12-6-13-24-44)45-25-14-7-15-26-45/h4-38,58H,1-3H3. The minimum absolute atomic E-state index is 0.0660. The van der Waals surface area contributed by atoms with Crippen molar-refractivity contribution in [3.8, 4) is 34.0 Å². The Morgan fingerprint density at radius 3 is 1.66 bits per heavy atom. The molecule has 0 unspecified atom stereocenters. The Balaban J connectivity index is 1.20. The first-order valence-electron chi connectivity index (χ1n) is 20.1. The predicted molar refractivity (Wildman–Crippen MR) is 250 cm³/mol. The van der Waals surface area contributed by atoms with Crippen molar-refractivity contribution in [2.75, 3.05) is 0 Å². The molecule has 0 aliphatic rings. The summed E-state index contributed by atoms with van der Waals surface area (Å²) in [6, 6.07) is 73.0. The van der Waals surface area contributed by atoms with Crippen LogP contribution in [0, 0.1) is 0 Å². The molecule has 0 aliphatic carbocycles. The van der Waals surface area contributed by atoms with E-state index in [1.54, 1.807) is 12.3 Å². The largest absolute Gasteiger partial charge is 0.507 e. The van der Waals surface area contributed by atoms with Gasteiger partial charge in [0.15, 0.2) is 8.07 Å². The number of phenolic OH excluding ortho intramolecular Hbond substituents is 1. The number of aromatic nitrogens is 2. The van der Waals surface area contributed by atoms with Crippen LogP contribution >= 0.6 is 0 Å². The molecule has 0 fully saturated rings. The van der Waals surface area contributed by atoms with E-state index in [-0.39, 0.29) is 11.2 Å². The molecular formula is C54H45N3OSi. The van der Waals surface area contributed by atoms with Crippen LogP contribution in [0.3, 0.4) is 0 Å². The molecule has 9 rings (SSSR count). The summed E-state index contributed by atoms with van der Waals surface area (Å²) in [6.07, 6.45) is 1.76. The van der Waals surface area contributed by atoms with Crippen LogP contribution in [0.15, 0.2) is 211 Å². The van der Waals surface area contributed by atoms with E-state index in [2.05, 4.69) is 189 Å². The first kappa shape index (κ1) is 37.5. The molecule has 5 heteroatoms. The normalized spacial score (nSPS) is 12.0. The third-order valence-electron chi connectivity index (χ3n) is 11.3. The van der Waals surface area contributed by atoms with Gasteiger partial charge in [-0.15, -0.1) is 0 Å². The summed E-state index contributed by atoms with van der Waals surface area (Å²) >= 11 is 0. The summed E-state index contributed by atoms with van der Waals surface area (Å²) in [5.41, 5.74) is 8.46. The molecule has 0 spiro atoms. The Kier molecular flexibility index (Phi) is 9.97. The summed E-state index contributed by atoms with van der Waals surface area (Å²) in [4.78, 5) is 10.5. The maximum atomic E-state index is 10.8. The van der Waals surface area contributed by atoms with Crippen LogP contribution in [0.4, 0.5) is 5.69 Å². The van der Waals surface area contributed by atoms with Crippen LogP contribution in [0.25, 0.3) is 39.2 Å². The lowest BCUT2D eigenvalue weighted by Crippen LogP contribution is -2.74. The molecule has 286 valence electrons. The lowest BCUT2D eigenvalue weighted by atomic mass is 9.86. The van der Waals surface area contributed by atoms with Gasteiger partial charge >= 0.3 is 0 Å². The van der Waals surface area contributed by atoms with E-state index in [0.717, 1.165) is 50.5 Å². The number of aromatic hydroxyl groups is 1. The van der Waals surface area contributed by atoms with Gasteiger partial charge in [0.25, 0.3) is 0 Å². The second-order valence-electron chi connectivity index (χ2n) is 16.0. The zero-order valence-electron chi connectivity index (χ0n) is 33.5. The van der Waals surface area contributed by atoms with Gasteiger partial charge in [0.2, 0.25) is 0 Å². The smallest absolute Gasteiger partial charge is 0.179 e. The quantitative estimate of drug-likeness (QED) is 0.0901. The number of aliphatic imine (C=N–C) groups is 1. The van der Waals surface area contributed by atoms with Crippen LogP contribution in [0.2, 0.25) is 0 Å². The fourth-order valence-electron chi connectivity index (χ4n) is 8.35. The molecule has 1 aromatic heterocycles. The zero-order chi connectivity index (χ0) is 40.4. The van der Waals surface area contributed by atoms with Gasteiger partial charge in [0.1, 0.15) is 11.6 Å². The summed E-state index contributed by atoms with van der Waals surface area (Å²) in [7, 11) is -2.67. The molecule has 0 bridgehead atoms. The molecule has 0 aliphatic heterocycles. The van der Waals surface area contributed by atoms with Gasteiger partial charge < -0.3 is 5.11 Å². The van der Waals surface area contributed by atoms with Crippen molar-refractivity contribution in [3.05, 3.63) is 217 Å². The van der Waals surface area contributed by atoms with E-state index in [0.29, 0.717) is 5.56 Å². The minimum Gasteiger partial charge on any atom is -0.507 e. The Morgan fingerprint density at radius 2 is 1.07 bits per heavy atom. The molecule has 1 heterocycles. The molecule has 0 radical (unpaired) electrons. The van der Waals surface area contributed by atoms with E-state index in [1.165, 1.54) is 20.7 Å². The molecule has 8 aromatic carbocycles. The molecule has 0 saturated heterocycles. The average molecular weight is 780 g/mol. The molecular weight excluding hydrogens is 735 g/mol. The molecule has 4 nitrogen and oxygen atoms in total. The topological polar surface area (TPSA) is 50.4 Å². The molecule has 59 heavy (non-hydrogen) atoms. The highest BCUT2D eigenvalue weighted by Crippen LogP contribution is 2.38. The predicted octanol–water partition coefficient (Wildman–Crippen LogP) is 10.5. The van der Waals surface area contributed by atoms with Gasteiger partial charge in [-0.05, 0) is 79.8 Å². The Bertz CT molecular complexity index is 2800. The number of hydrogen-bond donors (Lipinski definition) is 1. The van der Waals surface area contributed by atoms with Gasteiger partial charge in [0, 0.05) is 28.6 Å². The second-order valence-corrected chi connectivity index (χ2v) is 19.8. The number of imidazole rings is 1. The van der Waals surface area contributed by atoms with Gasteiger partial charge in [-0.1, -0.05) is 185 Å². The van der Waals surface area contributed by atoms with Gasteiger partial charge in [0.05, 0.1) is 16.7 Å². The zero-order valence-corrected chi connectivity index (χ0v) is 34.5. The van der Waals surface area contributed by atoms with Crippen LogP contribution in [-0.2, 0) is 5.41 Å². The highest BCUT2D eigenvalue weighted by atomic mass is 28.3. The Labute approximate surface area is 347 Å². The minimum atomic E-state index is -2.67. The first-order valence-corrected chi connectivity index (χ1v) is 22.1. The van der Waals surface area contributed by atoms with Crippen LogP contribution in [0.1, 0.15) is 31.9 Å². The Hall–Kier alpha value is -7.08. The number of rotatable bonds is 9. The van der Waals surface area contributed by atoms with Crippen molar-refractivity contribution in [2.24, 2.45) is 4.99 Å². The number of benzene rings is 8. The van der Waals surface area contributed by atoms with E-state index in [9.17, 15) is 5.11 Å². The van der Waals surface area contributed by atoms with Gasteiger partial charge in [-0.25, -0.2) is 4.98 Å². The highest BCUT2D eigenvalue weighted by Gasteiger charge is 2.41. The third-order valence-corrected chi connectivity index (χ3v) is 16.1. The van der Waals surface area contributed by atoms with Gasteiger partial charge in [-0.2, -0.15) is 0 Å². The number of fused-ring (bicyclic) bond motifs is 1. The SMILES string of the molecule is CC(C)(C)c1ccc(O)c(C=Nc2ccccc2-c2nc3c(-c4ccc([Si](c5ccccc5)(c5ccccc5)c5ccccc5)cc4)cccc3n2-c2ccccc2)c1. The van der Waals surface area contributed by atoms with Gasteiger partial charge in [-0.3, -0.25) is 9.56 Å².